The maximum absolute atomic E-state index is 4.34. The van der Waals surface area contributed by atoms with Crippen LogP contribution in [0, 0.1) is 5.92 Å². The fourth-order valence-corrected chi connectivity index (χ4v) is 2.93. The average Bonchev–Trinajstić information content (AvgIpc) is 2.92. The fourth-order valence-electron chi connectivity index (χ4n) is 2.93. The monoisotopic (exact) mass is 285 g/mol. The largest absolute Gasteiger partial charge is 0.314 e. The molecule has 5 heteroatoms. The van der Waals surface area contributed by atoms with Crippen molar-refractivity contribution in [3.8, 4) is 0 Å². The van der Waals surface area contributed by atoms with Crippen molar-refractivity contribution >= 4 is 0 Å². The van der Waals surface area contributed by atoms with Crippen molar-refractivity contribution in [2.75, 3.05) is 6.54 Å². The predicted octanol–water partition coefficient (Wildman–Crippen LogP) is 2.15. The lowest BCUT2D eigenvalue weighted by molar-refractivity contribution is 0.340. The Morgan fingerprint density at radius 1 is 1.38 bits per heavy atom. The normalized spacial score (nSPS) is 18.0. The zero-order valence-corrected chi connectivity index (χ0v) is 12.8. The average molecular weight is 285 g/mol. The molecule has 0 amide bonds. The molecule has 1 aliphatic heterocycles. The van der Waals surface area contributed by atoms with Gasteiger partial charge in [0.1, 0.15) is 11.6 Å². The molecule has 2 aromatic heterocycles. The highest BCUT2D eigenvalue weighted by molar-refractivity contribution is 5.08. The van der Waals surface area contributed by atoms with E-state index in [1.165, 1.54) is 12.0 Å². The summed E-state index contributed by atoms with van der Waals surface area (Å²) >= 11 is 0. The number of pyridine rings is 1. The molecule has 0 saturated heterocycles. The van der Waals surface area contributed by atoms with Crippen LogP contribution in [0.2, 0.25) is 0 Å². The molecule has 0 spiro atoms. The van der Waals surface area contributed by atoms with E-state index in [-0.39, 0.29) is 0 Å². The van der Waals surface area contributed by atoms with Gasteiger partial charge in [-0.3, -0.25) is 4.98 Å². The first-order valence-electron chi connectivity index (χ1n) is 7.75. The Morgan fingerprint density at radius 3 is 3.05 bits per heavy atom. The maximum Gasteiger partial charge on any atom is 0.135 e. The second-order valence-corrected chi connectivity index (χ2v) is 6.14. The number of aromatic nitrogens is 4. The molecule has 0 aliphatic carbocycles. The molecule has 3 rings (SSSR count). The quantitative estimate of drug-likeness (QED) is 0.914. The van der Waals surface area contributed by atoms with Crippen molar-refractivity contribution in [3.63, 3.8) is 0 Å². The van der Waals surface area contributed by atoms with E-state index in [9.17, 15) is 0 Å². The number of hydrogen-bond donors (Lipinski definition) is 1. The summed E-state index contributed by atoms with van der Waals surface area (Å²) in [5.74, 6) is 3.38. The first-order valence-corrected chi connectivity index (χ1v) is 7.75. The van der Waals surface area contributed by atoms with E-state index < -0.39 is 0 Å². The van der Waals surface area contributed by atoms with Crippen LogP contribution in [0.25, 0.3) is 0 Å². The molecular weight excluding hydrogens is 262 g/mol. The minimum atomic E-state index is 0.438. The molecule has 0 radical (unpaired) electrons. The third kappa shape index (κ3) is 3.29. The summed E-state index contributed by atoms with van der Waals surface area (Å²) in [7, 11) is 0. The van der Waals surface area contributed by atoms with E-state index in [4.69, 9.17) is 0 Å². The molecule has 1 N–H and O–H groups in total. The van der Waals surface area contributed by atoms with Crippen molar-refractivity contribution < 1.29 is 0 Å². The highest BCUT2D eigenvalue weighted by Gasteiger charge is 2.23. The lowest BCUT2D eigenvalue weighted by atomic mass is 9.98. The summed E-state index contributed by atoms with van der Waals surface area (Å²) in [6.45, 7) is 7.32. The summed E-state index contributed by atoms with van der Waals surface area (Å²) < 4.78 is 2.32. The zero-order chi connectivity index (χ0) is 14.7. The van der Waals surface area contributed by atoms with Crippen molar-refractivity contribution in [3.05, 3.63) is 41.7 Å². The van der Waals surface area contributed by atoms with Gasteiger partial charge in [-0.25, -0.2) is 0 Å². The Kier molecular flexibility index (Phi) is 4.29. The van der Waals surface area contributed by atoms with Crippen molar-refractivity contribution in [2.24, 2.45) is 5.92 Å². The third-order valence-electron chi connectivity index (χ3n) is 4.07. The number of nitrogens with zero attached hydrogens (tertiary/aromatic N) is 4. The molecule has 112 valence electrons. The number of nitrogens with one attached hydrogen (secondary N) is 1. The molecule has 0 saturated carbocycles. The van der Waals surface area contributed by atoms with Gasteiger partial charge in [-0.05, 0) is 30.5 Å². The molecule has 0 bridgehead atoms. The lowest BCUT2D eigenvalue weighted by Gasteiger charge is -2.25. The van der Waals surface area contributed by atoms with E-state index in [2.05, 4.69) is 45.0 Å². The van der Waals surface area contributed by atoms with Crippen molar-refractivity contribution in [1.82, 2.24) is 25.1 Å². The van der Waals surface area contributed by atoms with Gasteiger partial charge < -0.3 is 9.88 Å². The van der Waals surface area contributed by atoms with E-state index >= 15 is 0 Å². The first-order chi connectivity index (χ1) is 10.2. The highest BCUT2D eigenvalue weighted by Crippen LogP contribution is 2.23. The van der Waals surface area contributed by atoms with Crippen LogP contribution in [-0.2, 0) is 19.5 Å². The predicted molar refractivity (Wildman–Crippen MR) is 81.9 cm³/mol. The Bertz CT molecular complexity index is 576. The second kappa shape index (κ2) is 6.35. The molecule has 0 aromatic carbocycles. The van der Waals surface area contributed by atoms with E-state index in [1.807, 2.05) is 18.5 Å². The van der Waals surface area contributed by atoms with Gasteiger partial charge in [-0.15, -0.1) is 10.2 Å². The van der Waals surface area contributed by atoms with E-state index in [0.29, 0.717) is 11.8 Å². The summed E-state index contributed by atoms with van der Waals surface area (Å²) in [5.41, 5.74) is 1.24. The summed E-state index contributed by atoms with van der Waals surface area (Å²) in [5, 5.41) is 12.2. The molecule has 1 aliphatic rings. The molecule has 0 unspecified atom stereocenters. The van der Waals surface area contributed by atoms with Crippen LogP contribution in [0.3, 0.4) is 0 Å². The number of hydrogen-bond acceptors (Lipinski definition) is 4. The van der Waals surface area contributed by atoms with Gasteiger partial charge in [0.25, 0.3) is 0 Å². The molecule has 1 atom stereocenters. The lowest BCUT2D eigenvalue weighted by Crippen LogP contribution is -2.30. The third-order valence-corrected chi connectivity index (χ3v) is 4.07. The van der Waals surface area contributed by atoms with Crippen LogP contribution in [0.4, 0.5) is 0 Å². The summed E-state index contributed by atoms with van der Waals surface area (Å²) in [4.78, 5) is 4.14. The van der Waals surface area contributed by atoms with Gasteiger partial charge in [-0.2, -0.15) is 0 Å². The maximum atomic E-state index is 4.34. The van der Waals surface area contributed by atoms with Gasteiger partial charge in [0.05, 0.1) is 0 Å². The number of fused-ring (bicyclic) bond motifs is 1. The Hall–Kier alpha value is -1.75. The minimum Gasteiger partial charge on any atom is -0.314 e. The van der Waals surface area contributed by atoms with Gasteiger partial charge in [-0.1, -0.05) is 19.9 Å². The van der Waals surface area contributed by atoms with Gasteiger partial charge in [0, 0.05) is 37.8 Å². The van der Waals surface area contributed by atoms with Crippen molar-refractivity contribution in [2.45, 2.75) is 45.7 Å². The van der Waals surface area contributed by atoms with Gasteiger partial charge in [0.15, 0.2) is 0 Å². The topological polar surface area (TPSA) is 55.6 Å². The minimum absolute atomic E-state index is 0.438. The molecule has 21 heavy (non-hydrogen) atoms. The standard InChI is InChI=1S/C16H23N5/c1-12(2)16-20-19-15-6-5-14(11-21(15)16)10-18-9-13-4-3-7-17-8-13/h3-4,7-8,12,14,18H,5-6,9-11H2,1-2H3/t14-/m0/s1. The molecule has 2 aromatic rings. The van der Waals surface area contributed by atoms with Crippen LogP contribution in [-0.4, -0.2) is 26.3 Å². The smallest absolute Gasteiger partial charge is 0.135 e. The highest BCUT2D eigenvalue weighted by atomic mass is 15.3. The molecule has 3 heterocycles. The van der Waals surface area contributed by atoms with Crippen LogP contribution in [0.5, 0.6) is 0 Å². The molecular formula is C16H23N5. The van der Waals surface area contributed by atoms with E-state index in [0.717, 1.165) is 37.7 Å². The molecule has 5 nitrogen and oxygen atoms in total. The Balaban J connectivity index is 1.55. The van der Waals surface area contributed by atoms with Crippen LogP contribution < -0.4 is 5.32 Å². The Labute approximate surface area is 125 Å². The second-order valence-electron chi connectivity index (χ2n) is 6.14. The molecule has 0 fully saturated rings. The zero-order valence-electron chi connectivity index (χ0n) is 12.8. The summed E-state index contributed by atoms with van der Waals surface area (Å²) in [6.07, 6.45) is 5.96. The first kappa shape index (κ1) is 14.2. The summed E-state index contributed by atoms with van der Waals surface area (Å²) in [6, 6.07) is 4.09. The van der Waals surface area contributed by atoms with Gasteiger partial charge >= 0.3 is 0 Å². The number of rotatable bonds is 5. The van der Waals surface area contributed by atoms with Crippen molar-refractivity contribution in [1.29, 1.82) is 0 Å². The fraction of sp³-hybridized carbons (Fsp3) is 0.562. The van der Waals surface area contributed by atoms with Crippen LogP contribution in [0.15, 0.2) is 24.5 Å². The van der Waals surface area contributed by atoms with Crippen LogP contribution in [0.1, 0.15) is 43.4 Å². The Morgan fingerprint density at radius 2 is 2.29 bits per heavy atom. The van der Waals surface area contributed by atoms with Crippen LogP contribution >= 0.6 is 0 Å². The number of aryl methyl sites for hydroxylation is 1. The van der Waals surface area contributed by atoms with Gasteiger partial charge in [0.2, 0.25) is 0 Å². The van der Waals surface area contributed by atoms with E-state index in [1.54, 1.807) is 0 Å². The SMILES string of the molecule is CC(C)c1nnc2n1C[C@H](CNCc1cccnc1)CC2.